The molecule has 130 valence electrons. The molecule has 0 spiro atoms. The van der Waals surface area contributed by atoms with E-state index in [0.29, 0.717) is 19.8 Å². The van der Waals surface area contributed by atoms with Crippen molar-refractivity contribution in [2.45, 2.75) is 27.0 Å². The van der Waals surface area contributed by atoms with Crippen molar-refractivity contribution in [2.24, 2.45) is 0 Å². The standard InChI is InChI=1S/C19H22N4O2/c1-3-24-18-6-4-5-17(11-22-23-13-20-21-14-23)19(18)25-12-16-9-7-15(2)8-10-16/h4-10,13-14,22H,3,11-12H2,1-2H3. The van der Waals surface area contributed by atoms with Gasteiger partial charge in [0.25, 0.3) is 0 Å². The molecule has 0 bridgehead atoms. The fourth-order valence-corrected chi connectivity index (χ4v) is 2.43. The minimum absolute atomic E-state index is 0.490. The van der Waals surface area contributed by atoms with E-state index in [1.165, 1.54) is 5.56 Å². The average molecular weight is 338 g/mol. The Morgan fingerprint density at radius 3 is 2.48 bits per heavy atom. The van der Waals surface area contributed by atoms with Crippen molar-refractivity contribution in [2.75, 3.05) is 12.0 Å². The van der Waals surface area contributed by atoms with Crippen LogP contribution >= 0.6 is 0 Å². The molecule has 0 aliphatic rings. The predicted molar refractivity (Wildman–Crippen MR) is 96.2 cm³/mol. The van der Waals surface area contributed by atoms with Crippen LogP contribution < -0.4 is 14.9 Å². The highest BCUT2D eigenvalue weighted by Gasteiger charge is 2.11. The highest BCUT2D eigenvalue weighted by molar-refractivity contribution is 5.47. The lowest BCUT2D eigenvalue weighted by Crippen LogP contribution is -2.13. The summed E-state index contributed by atoms with van der Waals surface area (Å²) in [7, 11) is 0. The predicted octanol–water partition coefficient (Wildman–Crippen LogP) is 3.31. The third kappa shape index (κ3) is 4.50. The first kappa shape index (κ1) is 16.8. The summed E-state index contributed by atoms with van der Waals surface area (Å²) >= 11 is 0. The van der Waals surface area contributed by atoms with Crippen LogP contribution in [0.3, 0.4) is 0 Å². The van der Waals surface area contributed by atoms with Gasteiger partial charge in [0, 0.05) is 5.56 Å². The fraction of sp³-hybridized carbons (Fsp3) is 0.263. The van der Waals surface area contributed by atoms with E-state index in [2.05, 4.69) is 46.8 Å². The number of nitrogens with zero attached hydrogens (tertiary/aromatic N) is 3. The molecule has 0 unspecified atom stereocenters. The van der Waals surface area contributed by atoms with Crippen molar-refractivity contribution in [3.8, 4) is 11.5 Å². The summed E-state index contributed by atoms with van der Waals surface area (Å²) in [6, 6.07) is 14.2. The van der Waals surface area contributed by atoms with Crippen LogP contribution in [0.25, 0.3) is 0 Å². The lowest BCUT2D eigenvalue weighted by atomic mass is 10.1. The van der Waals surface area contributed by atoms with E-state index in [-0.39, 0.29) is 0 Å². The van der Waals surface area contributed by atoms with Gasteiger partial charge in [0.05, 0.1) is 13.2 Å². The minimum atomic E-state index is 0.490. The van der Waals surface area contributed by atoms with E-state index in [1.807, 2.05) is 25.1 Å². The second-order valence-corrected chi connectivity index (χ2v) is 5.66. The van der Waals surface area contributed by atoms with Crippen LogP contribution in [0.5, 0.6) is 11.5 Å². The van der Waals surface area contributed by atoms with Crippen LogP contribution in [0.4, 0.5) is 0 Å². The van der Waals surface area contributed by atoms with E-state index < -0.39 is 0 Å². The van der Waals surface area contributed by atoms with Gasteiger partial charge in [-0.25, -0.2) is 4.68 Å². The number of rotatable bonds is 8. The molecule has 2 aromatic carbocycles. The van der Waals surface area contributed by atoms with Gasteiger partial charge in [-0.3, -0.25) is 0 Å². The second-order valence-electron chi connectivity index (χ2n) is 5.66. The third-order valence-corrected chi connectivity index (χ3v) is 3.73. The molecule has 25 heavy (non-hydrogen) atoms. The van der Waals surface area contributed by atoms with Gasteiger partial charge in [0.1, 0.15) is 19.3 Å². The summed E-state index contributed by atoms with van der Waals surface area (Å²) in [4.78, 5) is 0. The lowest BCUT2D eigenvalue weighted by molar-refractivity contribution is 0.267. The Bertz CT molecular complexity index is 786. The van der Waals surface area contributed by atoms with Crippen LogP contribution in [0, 0.1) is 6.92 Å². The average Bonchev–Trinajstić information content (AvgIpc) is 3.14. The van der Waals surface area contributed by atoms with Gasteiger partial charge >= 0.3 is 0 Å². The first-order valence-corrected chi connectivity index (χ1v) is 8.28. The van der Waals surface area contributed by atoms with Gasteiger partial charge in [0.2, 0.25) is 0 Å². The molecule has 1 aromatic heterocycles. The van der Waals surface area contributed by atoms with Crippen LogP contribution in [0.1, 0.15) is 23.6 Å². The Hall–Kier alpha value is -3.02. The van der Waals surface area contributed by atoms with Gasteiger partial charge < -0.3 is 14.9 Å². The number of benzene rings is 2. The van der Waals surface area contributed by atoms with Crippen LogP contribution in [0.15, 0.2) is 55.1 Å². The normalized spacial score (nSPS) is 10.5. The summed E-state index contributed by atoms with van der Waals surface area (Å²) < 4.78 is 13.6. The Morgan fingerprint density at radius 1 is 1.00 bits per heavy atom. The Labute approximate surface area is 147 Å². The second kappa shape index (κ2) is 8.19. The summed E-state index contributed by atoms with van der Waals surface area (Å²) in [5.41, 5.74) is 6.57. The van der Waals surface area contributed by atoms with Gasteiger partial charge in [-0.05, 0) is 25.5 Å². The van der Waals surface area contributed by atoms with Crippen molar-refractivity contribution in [3.05, 3.63) is 71.8 Å². The summed E-state index contributed by atoms with van der Waals surface area (Å²) in [6.45, 7) is 5.69. The van der Waals surface area contributed by atoms with Crippen LogP contribution in [-0.2, 0) is 13.2 Å². The van der Waals surface area contributed by atoms with E-state index in [4.69, 9.17) is 9.47 Å². The lowest BCUT2D eigenvalue weighted by Gasteiger charge is -2.17. The number of aromatic nitrogens is 3. The molecule has 1 heterocycles. The number of hydrogen-bond acceptors (Lipinski definition) is 5. The fourth-order valence-electron chi connectivity index (χ4n) is 2.43. The number of ether oxygens (including phenoxy) is 2. The minimum Gasteiger partial charge on any atom is -0.490 e. The van der Waals surface area contributed by atoms with E-state index in [0.717, 1.165) is 22.6 Å². The Kier molecular flexibility index (Phi) is 5.51. The zero-order valence-corrected chi connectivity index (χ0v) is 14.5. The van der Waals surface area contributed by atoms with Gasteiger partial charge in [-0.15, -0.1) is 10.2 Å². The zero-order chi connectivity index (χ0) is 17.5. The molecule has 0 radical (unpaired) electrons. The molecule has 1 N–H and O–H groups in total. The summed E-state index contributed by atoms with van der Waals surface area (Å²) in [5, 5.41) is 7.56. The molecule has 0 aliphatic heterocycles. The maximum atomic E-state index is 6.11. The van der Waals surface area contributed by atoms with Gasteiger partial charge in [-0.1, -0.05) is 42.0 Å². The number of para-hydroxylation sites is 1. The SMILES string of the molecule is CCOc1cccc(CNn2cnnc2)c1OCc1ccc(C)cc1. The van der Waals surface area contributed by atoms with Crippen molar-refractivity contribution in [1.29, 1.82) is 0 Å². The molecule has 3 aromatic rings. The largest absolute Gasteiger partial charge is 0.490 e. The molecule has 0 aliphatic carbocycles. The first-order valence-electron chi connectivity index (χ1n) is 8.28. The summed E-state index contributed by atoms with van der Waals surface area (Å²) in [5.74, 6) is 1.50. The van der Waals surface area contributed by atoms with Gasteiger partial charge in [0.15, 0.2) is 11.5 Å². The molecule has 6 heteroatoms. The Morgan fingerprint density at radius 2 is 1.76 bits per heavy atom. The quantitative estimate of drug-likeness (QED) is 0.683. The molecule has 0 saturated carbocycles. The molecule has 0 atom stereocenters. The van der Waals surface area contributed by atoms with E-state index in [9.17, 15) is 0 Å². The Balaban J connectivity index is 1.76. The number of nitrogens with one attached hydrogen (secondary N) is 1. The van der Waals surface area contributed by atoms with Crippen molar-refractivity contribution < 1.29 is 9.47 Å². The highest BCUT2D eigenvalue weighted by Crippen LogP contribution is 2.32. The molecule has 3 rings (SSSR count). The molecule has 0 amide bonds. The zero-order valence-electron chi connectivity index (χ0n) is 14.5. The first-order chi connectivity index (χ1) is 12.3. The van der Waals surface area contributed by atoms with Crippen LogP contribution in [-0.4, -0.2) is 21.5 Å². The van der Waals surface area contributed by atoms with E-state index >= 15 is 0 Å². The van der Waals surface area contributed by atoms with Crippen LogP contribution in [0.2, 0.25) is 0 Å². The molecular weight excluding hydrogens is 316 g/mol. The smallest absolute Gasteiger partial charge is 0.166 e. The number of aryl methyl sites for hydroxylation is 1. The van der Waals surface area contributed by atoms with Crippen molar-refractivity contribution >= 4 is 0 Å². The van der Waals surface area contributed by atoms with Crippen molar-refractivity contribution in [3.63, 3.8) is 0 Å². The highest BCUT2D eigenvalue weighted by atomic mass is 16.5. The molecular formula is C19H22N4O2. The van der Waals surface area contributed by atoms with E-state index in [1.54, 1.807) is 17.3 Å². The number of hydrogen-bond donors (Lipinski definition) is 1. The van der Waals surface area contributed by atoms with Gasteiger partial charge in [-0.2, -0.15) is 0 Å². The molecule has 0 fully saturated rings. The van der Waals surface area contributed by atoms with Crippen molar-refractivity contribution in [1.82, 2.24) is 14.9 Å². The topological polar surface area (TPSA) is 61.2 Å². The maximum Gasteiger partial charge on any atom is 0.166 e. The maximum absolute atomic E-state index is 6.11. The molecule has 0 saturated heterocycles. The third-order valence-electron chi connectivity index (χ3n) is 3.73. The molecule has 6 nitrogen and oxygen atoms in total. The monoisotopic (exact) mass is 338 g/mol. The summed E-state index contributed by atoms with van der Waals surface area (Å²) in [6.07, 6.45) is 3.22.